The molecule has 2 atom stereocenters. The van der Waals surface area contributed by atoms with Gasteiger partial charge >= 0.3 is 0 Å². The third kappa shape index (κ3) is 3.17. The fourth-order valence-corrected chi connectivity index (χ4v) is 4.80. The van der Waals surface area contributed by atoms with Gasteiger partial charge in [0.1, 0.15) is 0 Å². The summed E-state index contributed by atoms with van der Waals surface area (Å²) in [5.74, 6) is 0.324. The highest BCUT2D eigenvalue weighted by Gasteiger charge is 2.39. The van der Waals surface area contributed by atoms with Crippen LogP contribution in [0, 0.1) is 5.92 Å². The molecule has 2 heterocycles. The molecule has 0 aromatic heterocycles. The van der Waals surface area contributed by atoms with Crippen molar-refractivity contribution in [3.05, 3.63) is 0 Å². The minimum atomic E-state index is -3.24. The predicted octanol–water partition coefficient (Wildman–Crippen LogP) is 0.808. The van der Waals surface area contributed by atoms with Crippen molar-refractivity contribution in [3.8, 4) is 0 Å². The maximum Gasteiger partial charge on any atom is 0.282 e. The molecule has 2 saturated heterocycles. The van der Waals surface area contributed by atoms with Crippen molar-refractivity contribution in [3.63, 3.8) is 0 Å². The molecule has 2 rings (SSSR count). The zero-order chi connectivity index (χ0) is 12.5. The quantitative estimate of drug-likeness (QED) is 0.838. The normalized spacial score (nSPS) is 31.2. The van der Waals surface area contributed by atoms with Crippen LogP contribution < -0.4 is 5.73 Å². The summed E-state index contributed by atoms with van der Waals surface area (Å²) >= 11 is 0. The van der Waals surface area contributed by atoms with Crippen LogP contribution >= 0.6 is 12.4 Å². The van der Waals surface area contributed by atoms with Crippen LogP contribution in [0.15, 0.2) is 0 Å². The second-order valence-corrected chi connectivity index (χ2v) is 7.10. The minimum Gasteiger partial charge on any atom is -0.330 e. The molecule has 2 aliphatic heterocycles. The van der Waals surface area contributed by atoms with E-state index in [4.69, 9.17) is 5.73 Å². The predicted molar refractivity (Wildman–Crippen MR) is 74.9 cm³/mol. The van der Waals surface area contributed by atoms with E-state index in [-0.39, 0.29) is 18.4 Å². The van der Waals surface area contributed by atoms with Gasteiger partial charge in [-0.2, -0.15) is 17.0 Å². The average Bonchev–Trinajstić information content (AvgIpc) is 2.72. The van der Waals surface area contributed by atoms with Crippen molar-refractivity contribution in [1.82, 2.24) is 8.61 Å². The zero-order valence-corrected chi connectivity index (χ0v) is 12.5. The van der Waals surface area contributed by atoms with Gasteiger partial charge in [0.15, 0.2) is 0 Å². The van der Waals surface area contributed by atoms with E-state index < -0.39 is 10.2 Å². The van der Waals surface area contributed by atoms with E-state index in [1.807, 2.05) is 6.92 Å². The number of rotatable bonds is 3. The number of hydrogen-bond acceptors (Lipinski definition) is 3. The average molecular weight is 298 g/mol. The Kier molecular flexibility index (Phi) is 5.86. The molecule has 18 heavy (non-hydrogen) atoms. The van der Waals surface area contributed by atoms with E-state index in [0.29, 0.717) is 32.1 Å². The van der Waals surface area contributed by atoms with Gasteiger partial charge in [0.2, 0.25) is 0 Å². The lowest BCUT2D eigenvalue weighted by molar-refractivity contribution is 0.299. The van der Waals surface area contributed by atoms with E-state index in [1.54, 1.807) is 8.61 Å². The Balaban J connectivity index is 0.00000162. The molecular formula is C11H24ClN3O2S. The number of nitrogens with zero attached hydrogens (tertiary/aromatic N) is 2. The van der Waals surface area contributed by atoms with Gasteiger partial charge in [0.05, 0.1) is 0 Å². The molecule has 2 unspecified atom stereocenters. The van der Waals surface area contributed by atoms with Crippen molar-refractivity contribution in [2.24, 2.45) is 11.7 Å². The van der Waals surface area contributed by atoms with Gasteiger partial charge in [0, 0.05) is 25.7 Å². The lowest BCUT2D eigenvalue weighted by atomic mass is 10.1. The monoisotopic (exact) mass is 297 g/mol. The van der Waals surface area contributed by atoms with Crippen molar-refractivity contribution in [2.45, 2.75) is 38.6 Å². The highest BCUT2D eigenvalue weighted by Crippen LogP contribution is 2.28. The topological polar surface area (TPSA) is 66.6 Å². The first-order chi connectivity index (χ1) is 8.05. The smallest absolute Gasteiger partial charge is 0.282 e. The third-order valence-corrected chi connectivity index (χ3v) is 5.99. The molecule has 0 amide bonds. The molecule has 0 spiro atoms. The first kappa shape index (κ1) is 16.2. The molecule has 5 nitrogen and oxygen atoms in total. The summed E-state index contributed by atoms with van der Waals surface area (Å²) in [5.41, 5.74) is 5.64. The molecule has 2 aliphatic rings. The molecule has 7 heteroatoms. The van der Waals surface area contributed by atoms with Crippen molar-refractivity contribution in [2.75, 3.05) is 26.2 Å². The van der Waals surface area contributed by atoms with Crippen LogP contribution in [0.5, 0.6) is 0 Å². The second kappa shape index (κ2) is 6.52. The standard InChI is InChI=1S/C11H23N3O2S.ClH/c1-10-7-11(8-12)9-14(10)17(15,16)13-5-3-2-4-6-13;/h10-11H,2-9,12H2,1H3;1H. The van der Waals surface area contributed by atoms with Gasteiger partial charge in [-0.05, 0) is 38.6 Å². The fourth-order valence-electron chi connectivity index (χ4n) is 2.85. The largest absolute Gasteiger partial charge is 0.330 e. The summed E-state index contributed by atoms with van der Waals surface area (Å²) in [5, 5.41) is 0. The summed E-state index contributed by atoms with van der Waals surface area (Å²) in [6, 6.07) is 0.0930. The molecule has 0 aromatic carbocycles. The Morgan fingerprint density at radius 1 is 1.22 bits per heavy atom. The second-order valence-electron chi connectivity index (χ2n) is 5.22. The lowest BCUT2D eigenvalue weighted by Crippen LogP contribution is -2.47. The molecular weight excluding hydrogens is 274 g/mol. The molecule has 0 aromatic rings. The molecule has 0 aliphatic carbocycles. The first-order valence-corrected chi connectivity index (χ1v) is 7.92. The van der Waals surface area contributed by atoms with Crippen LogP contribution in [0.1, 0.15) is 32.6 Å². The third-order valence-electron chi connectivity index (χ3n) is 3.88. The minimum absolute atomic E-state index is 0. The van der Waals surface area contributed by atoms with Gasteiger partial charge in [0.25, 0.3) is 10.2 Å². The van der Waals surface area contributed by atoms with E-state index in [9.17, 15) is 8.42 Å². The Morgan fingerprint density at radius 2 is 1.83 bits per heavy atom. The number of piperidine rings is 1. The molecule has 0 bridgehead atoms. The molecule has 0 saturated carbocycles. The number of hydrogen-bond donors (Lipinski definition) is 1. The highest BCUT2D eigenvalue weighted by molar-refractivity contribution is 7.86. The van der Waals surface area contributed by atoms with Crippen molar-refractivity contribution < 1.29 is 8.42 Å². The lowest BCUT2D eigenvalue weighted by Gasteiger charge is -2.32. The van der Waals surface area contributed by atoms with Gasteiger partial charge in [-0.25, -0.2) is 0 Å². The molecule has 0 radical (unpaired) electrons. The summed E-state index contributed by atoms with van der Waals surface area (Å²) in [6.07, 6.45) is 4.01. The van der Waals surface area contributed by atoms with Gasteiger partial charge < -0.3 is 5.73 Å². The zero-order valence-electron chi connectivity index (χ0n) is 10.9. The Hall–Kier alpha value is 0.120. The fraction of sp³-hybridized carbons (Fsp3) is 1.00. The summed E-state index contributed by atoms with van der Waals surface area (Å²) in [7, 11) is -3.24. The van der Waals surface area contributed by atoms with E-state index in [0.717, 1.165) is 25.7 Å². The summed E-state index contributed by atoms with van der Waals surface area (Å²) in [6.45, 7) is 4.52. The SMILES string of the molecule is CC1CC(CN)CN1S(=O)(=O)N1CCCCC1.Cl. The Bertz CT molecular complexity index is 357. The summed E-state index contributed by atoms with van der Waals surface area (Å²) < 4.78 is 28.2. The number of nitrogens with two attached hydrogens (primary N) is 1. The Morgan fingerprint density at radius 3 is 2.33 bits per heavy atom. The Labute approximate surface area is 116 Å². The molecule has 2 fully saturated rings. The van der Waals surface area contributed by atoms with Gasteiger partial charge in [-0.3, -0.25) is 0 Å². The summed E-state index contributed by atoms with van der Waals surface area (Å²) in [4.78, 5) is 0. The van der Waals surface area contributed by atoms with E-state index >= 15 is 0 Å². The van der Waals surface area contributed by atoms with Gasteiger partial charge in [-0.15, -0.1) is 12.4 Å². The van der Waals surface area contributed by atoms with Crippen molar-refractivity contribution in [1.29, 1.82) is 0 Å². The maximum absolute atomic E-state index is 12.5. The van der Waals surface area contributed by atoms with E-state index in [1.165, 1.54) is 0 Å². The van der Waals surface area contributed by atoms with E-state index in [2.05, 4.69) is 0 Å². The van der Waals surface area contributed by atoms with Crippen LogP contribution in [0.2, 0.25) is 0 Å². The molecule has 108 valence electrons. The van der Waals surface area contributed by atoms with Crippen LogP contribution in [0.3, 0.4) is 0 Å². The van der Waals surface area contributed by atoms with Crippen LogP contribution in [0.4, 0.5) is 0 Å². The van der Waals surface area contributed by atoms with Crippen LogP contribution in [0.25, 0.3) is 0 Å². The van der Waals surface area contributed by atoms with Gasteiger partial charge in [-0.1, -0.05) is 6.42 Å². The maximum atomic E-state index is 12.5. The van der Waals surface area contributed by atoms with Crippen LogP contribution in [-0.4, -0.2) is 49.2 Å². The first-order valence-electron chi connectivity index (χ1n) is 6.52. The van der Waals surface area contributed by atoms with Crippen LogP contribution in [-0.2, 0) is 10.2 Å². The van der Waals surface area contributed by atoms with Crippen molar-refractivity contribution >= 4 is 22.6 Å². The number of halogens is 1. The molecule has 2 N–H and O–H groups in total. The highest BCUT2D eigenvalue weighted by atomic mass is 35.5.